The Morgan fingerprint density at radius 2 is 1.90 bits per heavy atom. The summed E-state index contributed by atoms with van der Waals surface area (Å²) in [4.78, 5) is 22.2. The van der Waals surface area contributed by atoms with Crippen LogP contribution in [0.5, 0.6) is 0 Å². The Balaban J connectivity index is 2.68. The van der Waals surface area contributed by atoms with Gasteiger partial charge >= 0.3 is 18.2 Å². The third-order valence-electron chi connectivity index (χ3n) is 2.77. The van der Waals surface area contributed by atoms with E-state index in [0.29, 0.717) is 0 Å². The molecule has 0 saturated carbocycles. The lowest BCUT2D eigenvalue weighted by atomic mass is 10.1. The first-order valence-corrected chi connectivity index (χ1v) is 6.18. The molecule has 8 heteroatoms. The van der Waals surface area contributed by atoms with E-state index in [1.807, 2.05) is 0 Å². The number of alkyl halides is 3. The van der Waals surface area contributed by atoms with E-state index < -0.39 is 29.8 Å². The smallest absolute Gasteiger partial charge is 0.416 e. The molecule has 0 aliphatic carbocycles. The largest absolute Gasteiger partial charge is 0.480 e. The molecule has 1 rings (SSSR count). The molecule has 0 saturated heterocycles. The van der Waals surface area contributed by atoms with Crippen LogP contribution in [0, 0.1) is 0 Å². The van der Waals surface area contributed by atoms with Gasteiger partial charge in [-0.1, -0.05) is 25.1 Å². The molecule has 0 aliphatic rings. The van der Waals surface area contributed by atoms with Crippen molar-refractivity contribution in [2.24, 2.45) is 0 Å². The SMILES string of the molecule is CC[C@H](NC(=O)NCc1ccccc1C(F)(F)F)C(=O)O. The zero-order chi connectivity index (χ0) is 16.0. The molecule has 0 bridgehead atoms. The fourth-order valence-corrected chi connectivity index (χ4v) is 1.67. The Bertz CT molecular complexity index is 518. The predicted molar refractivity (Wildman–Crippen MR) is 68.5 cm³/mol. The summed E-state index contributed by atoms with van der Waals surface area (Å²) in [6.07, 6.45) is -4.34. The molecule has 0 unspecified atom stereocenters. The van der Waals surface area contributed by atoms with Crippen molar-refractivity contribution < 1.29 is 27.9 Å². The first-order chi connectivity index (χ1) is 9.75. The van der Waals surface area contributed by atoms with Crippen LogP contribution in [0.4, 0.5) is 18.0 Å². The van der Waals surface area contributed by atoms with Crippen LogP contribution in [-0.2, 0) is 17.5 Å². The zero-order valence-electron chi connectivity index (χ0n) is 11.2. The number of carbonyl (C=O) groups is 2. The van der Waals surface area contributed by atoms with Crippen molar-refractivity contribution in [2.75, 3.05) is 0 Å². The number of benzene rings is 1. The number of aliphatic carboxylic acids is 1. The summed E-state index contributed by atoms with van der Waals surface area (Å²) in [5.74, 6) is -1.21. The lowest BCUT2D eigenvalue weighted by Crippen LogP contribution is -2.45. The number of halogens is 3. The van der Waals surface area contributed by atoms with Crippen LogP contribution in [0.15, 0.2) is 24.3 Å². The highest BCUT2D eigenvalue weighted by atomic mass is 19.4. The summed E-state index contributed by atoms with van der Waals surface area (Å²) in [7, 11) is 0. The van der Waals surface area contributed by atoms with Gasteiger partial charge in [0.05, 0.1) is 5.56 Å². The van der Waals surface area contributed by atoms with Crippen molar-refractivity contribution >= 4 is 12.0 Å². The molecular formula is C13H15F3N2O3. The van der Waals surface area contributed by atoms with Gasteiger partial charge in [-0.05, 0) is 18.1 Å². The minimum Gasteiger partial charge on any atom is -0.480 e. The van der Waals surface area contributed by atoms with Crippen LogP contribution in [0.3, 0.4) is 0 Å². The van der Waals surface area contributed by atoms with Crippen molar-refractivity contribution in [3.8, 4) is 0 Å². The number of hydrogen-bond donors (Lipinski definition) is 3. The lowest BCUT2D eigenvalue weighted by Gasteiger charge is -2.15. The van der Waals surface area contributed by atoms with Crippen LogP contribution in [0.1, 0.15) is 24.5 Å². The Hall–Kier alpha value is -2.25. The molecule has 1 aromatic carbocycles. The average Bonchev–Trinajstić information content (AvgIpc) is 2.41. The third-order valence-corrected chi connectivity index (χ3v) is 2.77. The second-order valence-electron chi connectivity index (χ2n) is 4.28. The van der Waals surface area contributed by atoms with Gasteiger partial charge in [0, 0.05) is 6.54 Å². The average molecular weight is 304 g/mol. The number of amides is 2. The Kier molecular flexibility index (Phi) is 5.57. The summed E-state index contributed by atoms with van der Waals surface area (Å²) in [5.41, 5.74) is -0.931. The fraction of sp³-hybridized carbons (Fsp3) is 0.385. The molecule has 1 atom stereocenters. The lowest BCUT2D eigenvalue weighted by molar-refractivity contribution is -0.139. The predicted octanol–water partition coefficient (Wildman–Crippen LogP) is 2.37. The highest BCUT2D eigenvalue weighted by Crippen LogP contribution is 2.31. The molecule has 1 aromatic rings. The van der Waals surface area contributed by atoms with Crippen molar-refractivity contribution in [3.05, 3.63) is 35.4 Å². The van der Waals surface area contributed by atoms with E-state index >= 15 is 0 Å². The molecule has 0 spiro atoms. The molecule has 5 nitrogen and oxygen atoms in total. The van der Waals surface area contributed by atoms with Crippen molar-refractivity contribution in [1.29, 1.82) is 0 Å². The summed E-state index contributed by atoms with van der Waals surface area (Å²) < 4.78 is 38.2. The minimum atomic E-state index is -4.51. The second kappa shape index (κ2) is 6.96. The van der Waals surface area contributed by atoms with Gasteiger partial charge in [0.2, 0.25) is 0 Å². The Morgan fingerprint density at radius 1 is 1.29 bits per heavy atom. The molecule has 0 heterocycles. The van der Waals surface area contributed by atoms with E-state index in [1.54, 1.807) is 6.92 Å². The van der Waals surface area contributed by atoms with Crippen LogP contribution in [0.2, 0.25) is 0 Å². The summed E-state index contributed by atoms with van der Waals surface area (Å²) in [5, 5.41) is 13.1. The number of carbonyl (C=O) groups excluding carboxylic acids is 1. The van der Waals surface area contributed by atoms with Crippen LogP contribution < -0.4 is 10.6 Å². The van der Waals surface area contributed by atoms with Crippen LogP contribution in [0.25, 0.3) is 0 Å². The number of nitrogens with one attached hydrogen (secondary N) is 2. The molecular weight excluding hydrogens is 289 g/mol. The van der Waals surface area contributed by atoms with E-state index in [-0.39, 0.29) is 18.5 Å². The van der Waals surface area contributed by atoms with Gasteiger partial charge in [-0.3, -0.25) is 0 Å². The van der Waals surface area contributed by atoms with E-state index in [9.17, 15) is 22.8 Å². The first-order valence-electron chi connectivity index (χ1n) is 6.18. The number of rotatable bonds is 5. The first kappa shape index (κ1) is 16.8. The monoisotopic (exact) mass is 304 g/mol. The number of carboxylic acids is 1. The fourth-order valence-electron chi connectivity index (χ4n) is 1.67. The number of urea groups is 1. The number of carboxylic acid groups (broad SMARTS) is 1. The number of hydrogen-bond acceptors (Lipinski definition) is 2. The van der Waals surface area contributed by atoms with Crippen LogP contribution >= 0.6 is 0 Å². The Labute approximate surface area is 119 Å². The van der Waals surface area contributed by atoms with Crippen LogP contribution in [-0.4, -0.2) is 23.1 Å². The van der Waals surface area contributed by atoms with E-state index in [4.69, 9.17) is 5.11 Å². The summed E-state index contributed by atoms with van der Waals surface area (Å²) >= 11 is 0. The quantitative estimate of drug-likeness (QED) is 0.781. The zero-order valence-corrected chi connectivity index (χ0v) is 11.2. The van der Waals surface area contributed by atoms with Gasteiger partial charge in [0.25, 0.3) is 0 Å². The molecule has 0 aromatic heterocycles. The van der Waals surface area contributed by atoms with Gasteiger partial charge in [0.1, 0.15) is 6.04 Å². The third kappa shape index (κ3) is 4.97. The van der Waals surface area contributed by atoms with Gasteiger partial charge in [-0.2, -0.15) is 13.2 Å². The summed E-state index contributed by atoms with van der Waals surface area (Å²) in [6.45, 7) is 1.22. The molecule has 0 aliphatic heterocycles. The maximum Gasteiger partial charge on any atom is 0.416 e. The highest BCUT2D eigenvalue weighted by molar-refractivity contribution is 5.82. The summed E-state index contributed by atoms with van der Waals surface area (Å²) in [6, 6.07) is 2.93. The van der Waals surface area contributed by atoms with Crippen molar-refractivity contribution in [2.45, 2.75) is 32.1 Å². The van der Waals surface area contributed by atoms with E-state index in [2.05, 4.69) is 10.6 Å². The maximum atomic E-state index is 12.7. The van der Waals surface area contributed by atoms with Crippen molar-refractivity contribution in [1.82, 2.24) is 10.6 Å². The van der Waals surface area contributed by atoms with E-state index in [1.165, 1.54) is 18.2 Å². The van der Waals surface area contributed by atoms with Gasteiger partial charge < -0.3 is 15.7 Å². The van der Waals surface area contributed by atoms with E-state index in [0.717, 1.165) is 6.07 Å². The molecule has 21 heavy (non-hydrogen) atoms. The minimum absolute atomic E-state index is 0.0940. The van der Waals surface area contributed by atoms with Gasteiger partial charge in [-0.15, -0.1) is 0 Å². The molecule has 0 fully saturated rings. The van der Waals surface area contributed by atoms with Gasteiger partial charge in [-0.25, -0.2) is 9.59 Å². The molecule has 116 valence electrons. The molecule has 2 amide bonds. The van der Waals surface area contributed by atoms with Gasteiger partial charge in [0.15, 0.2) is 0 Å². The highest BCUT2D eigenvalue weighted by Gasteiger charge is 2.32. The normalized spacial score (nSPS) is 12.6. The van der Waals surface area contributed by atoms with Crippen molar-refractivity contribution in [3.63, 3.8) is 0 Å². The topological polar surface area (TPSA) is 78.4 Å². The molecule has 0 radical (unpaired) electrons. The molecule has 3 N–H and O–H groups in total. The maximum absolute atomic E-state index is 12.7. The Morgan fingerprint density at radius 3 is 2.43 bits per heavy atom. The second-order valence-corrected chi connectivity index (χ2v) is 4.28. The standard InChI is InChI=1S/C13H15F3N2O3/c1-2-10(11(19)20)18-12(21)17-7-8-5-3-4-6-9(8)13(14,15)16/h3-6,10H,2,7H2,1H3,(H,19,20)(H2,17,18,21)/t10-/m0/s1.